The van der Waals surface area contributed by atoms with Crippen LogP contribution in [-0.2, 0) is 4.79 Å². The fourth-order valence-corrected chi connectivity index (χ4v) is 1.35. The summed E-state index contributed by atoms with van der Waals surface area (Å²) in [4.78, 5) is 10.7. The van der Waals surface area contributed by atoms with Gasteiger partial charge in [-0.2, -0.15) is 0 Å². The fraction of sp³-hybridized carbons (Fsp3) is 0.417. The van der Waals surface area contributed by atoms with Crippen LogP contribution in [0.5, 0.6) is 0 Å². The van der Waals surface area contributed by atoms with E-state index in [2.05, 4.69) is 25.2 Å². The lowest BCUT2D eigenvalue weighted by molar-refractivity contribution is -0.112. The number of carbonyl (C=O) groups is 1. The third-order valence-electron chi connectivity index (χ3n) is 2.20. The first-order valence-electron chi connectivity index (χ1n) is 4.78. The van der Waals surface area contributed by atoms with Gasteiger partial charge in [0.2, 0.25) is 0 Å². The van der Waals surface area contributed by atoms with Gasteiger partial charge in [0.15, 0.2) is 5.78 Å². The van der Waals surface area contributed by atoms with Gasteiger partial charge in [-0.25, -0.2) is 0 Å². The lowest BCUT2D eigenvalue weighted by Gasteiger charge is -2.10. The van der Waals surface area contributed by atoms with Crippen molar-refractivity contribution in [3.63, 3.8) is 0 Å². The number of ketones is 1. The summed E-state index contributed by atoms with van der Waals surface area (Å²) < 4.78 is 0. The van der Waals surface area contributed by atoms with Crippen LogP contribution in [0.25, 0.3) is 0 Å². The highest BCUT2D eigenvalue weighted by molar-refractivity contribution is 5.87. The zero-order valence-electron chi connectivity index (χ0n) is 8.29. The molecule has 0 aromatic carbocycles. The Bertz CT molecular complexity index is 269. The van der Waals surface area contributed by atoms with Crippen LogP contribution in [-0.4, -0.2) is 5.78 Å². The number of rotatable bonds is 3. The molecule has 0 amide bonds. The van der Waals surface area contributed by atoms with Crippen molar-refractivity contribution in [1.29, 1.82) is 0 Å². The van der Waals surface area contributed by atoms with Crippen molar-refractivity contribution in [2.45, 2.75) is 26.7 Å². The second-order valence-corrected chi connectivity index (χ2v) is 3.36. The lowest BCUT2D eigenvalue weighted by atomic mass is 9.95. The van der Waals surface area contributed by atoms with E-state index in [-0.39, 0.29) is 5.78 Å². The van der Waals surface area contributed by atoms with Crippen LogP contribution >= 0.6 is 0 Å². The Hall–Kier alpha value is -1.11. The van der Waals surface area contributed by atoms with Gasteiger partial charge in [-0.3, -0.25) is 4.79 Å². The van der Waals surface area contributed by atoms with E-state index < -0.39 is 0 Å². The molecule has 1 atom stereocenters. The Morgan fingerprint density at radius 2 is 2.46 bits per heavy atom. The summed E-state index contributed by atoms with van der Waals surface area (Å²) in [6.07, 6.45) is 12.3. The van der Waals surface area contributed by atoms with Gasteiger partial charge < -0.3 is 0 Å². The molecule has 1 heteroatoms. The fourth-order valence-electron chi connectivity index (χ4n) is 1.35. The maximum absolute atomic E-state index is 10.7. The van der Waals surface area contributed by atoms with Crippen molar-refractivity contribution < 1.29 is 4.79 Å². The summed E-state index contributed by atoms with van der Waals surface area (Å²) in [6.45, 7) is 3.73. The van der Waals surface area contributed by atoms with Gasteiger partial charge in [-0.05, 0) is 31.8 Å². The van der Waals surface area contributed by atoms with E-state index in [4.69, 9.17) is 0 Å². The van der Waals surface area contributed by atoms with Crippen molar-refractivity contribution in [3.8, 4) is 0 Å². The summed E-state index contributed by atoms with van der Waals surface area (Å²) in [6, 6.07) is 0. The van der Waals surface area contributed by atoms with Crippen molar-refractivity contribution >= 4 is 5.78 Å². The average Bonchev–Trinajstić information content (AvgIpc) is 2.15. The second-order valence-electron chi connectivity index (χ2n) is 3.36. The minimum Gasteiger partial charge on any atom is -0.295 e. The van der Waals surface area contributed by atoms with Crippen LogP contribution in [0.15, 0.2) is 36.0 Å². The molecule has 0 bridgehead atoms. The first kappa shape index (κ1) is 9.97. The van der Waals surface area contributed by atoms with Crippen molar-refractivity contribution in [2.75, 3.05) is 0 Å². The molecule has 0 aliphatic heterocycles. The standard InChI is InChI=1S/C12H16O/c1-3-11-6-8-12(9-7-11)5-4-10(2)13/h4-8,12H,3,9H2,1-2H3/b5-4+. The molecule has 0 aromatic rings. The molecular formula is C12H16O. The molecule has 1 rings (SSSR count). The average molecular weight is 176 g/mol. The van der Waals surface area contributed by atoms with Crippen LogP contribution in [0.2, 0.25) is 0 Å². The van der Waals surface area contributed by atoms with Crippen LogP contribution in [0.4, 0.5) is 0 Å². The predicted octanol–water partition coefficient (Wildman–Crippen LogP) is 3.04. The van der Waals surface area contributed by atoms with E-state index in [1.807, 2.05) is 6.08 Å². The number of hydrogen-bond donors (Lipinski definition) is 0. The minimum atomic E-state index is 0.124. The molecule has 1 aliphatic carbocycles. The Labute approximate surface area is 79.8 Å². The predicted molar refractivity (Wildman–Crippen MR) is 55.4 cm³/mol. The highest BCUT2D eigenvalue weighted by Gasteiger charge is 2.03. The number of allylic oxidation sites excluding steroid dienone is 6. The summed E-state index contributed by atoms with van der Waals surface area (Å²) in [7, 11) is 0. The SMILES string of the molecule is CCC1=CCC(/C=C/C(C)=O)C=C1. The summed E-state index contributed by atoms with van der Waals surface area (Å²) in [5, 5.41) is 0. The highest BCUT2D eigenvalue weighted by atomic mass is 16.1. The Morgan fingerprint density at radius 3 is 2.92 bits per heavy atom. The highest BCUT2D eigenvalue weighted by Crippen LogP contribution is 2.18. The van der Waals surface area contributed by atoms with Gasteiger partial charge >= 0.3 is 0 Å². The molecule has 0 spiro atoms. The van der Waals surface area contributed by atoms with Crippen LogP contribution in [0, 0.1) is 5.92 Å². The molecule has 1 unspecified atom stereocenters. The van der Waals surface area contributed by atoms with Crippen molar-refractivity contribution in [1.82, 2.24) is 0 Å². The second kappa shape index (κ2) is 4.80. The van der Waals surface area contributed by atoms with Gasteiger partial charge in [0.05, 0.1) is 0 Å². The topological polar surface area (TPSA) is 17.1 Å². The van der Waals surface area contributed by atoms with Crippen LogP contribution in [0.3, 0.4) is 0 Å². The number of carbonyl (C=O) groups excluding carboxylic acids is 1. The van der Waals surface area contributed by atoms with Crippen LogP contribution in [0.1, 0.15) is 26.7 Å². The van der Waals surface area contributed by atoms with E-state index in [0.717, 1.165) is 12.8 Å². The van der Waals surface area contributed by atoms with Gasteiger partial charge in [-0.15, -0.1) is 0 Å². The molecule has 0 heterocycles. The molecule has 70 valence electrons. The maximum atomic E-state index is 10.7. The maximum Gasteiger partial charge on any atom is 0.152 e. The molecule has 0 saturated carbocycles. The Balaban J connectivity index is 2.48. The molecule has 0 N–H and O–H groups in total. The third kappa shape index (κ3) is 3.41. The molecular weight excluding hydrogens is 160 g/mol. The molecule has 1 nitrogen and oxygen atoms in total. The van der Waals surface area contributed by atoms with E-state index in [1.54, 1.807) is 13.0 Å². The smallest absolute Gasteiger partial charge is 0.152 e. The quantitative estimate of drug-likeness (QED) is 0.604. The molecule has 0 fully saturated rings. The first-order valence-corrected chi connectivity index (χ1v) is 4.78. The minimum absolute atomic E-state index is 0.124. The van der Waals surface area contributed by atoms with E-state index >= 15 is 0 Å². The Kier molecular flexibility index (Phi) is 3.69. The van der Waals surface area contributed by atoms with Gasteiger partial charge in [0.1, 0.15) is 0 Å². The zero-order valence-corrected chi connectivity index (χ0v) is 8.29. The van der Waals surface area contributed by atoms with Gasteiger partial charge in [0, 0.05) is 0 Å². The molecule has 0 saturated heterocycles. The van der Waals surface area contributed by atoms with E-state index in [9.17, 15) is 4.79 Å². The largest absolute Gasteiger partial charge is 0.295 e. The Morgan fingerprint density at radius 1 is 1.69 bits per heavy atom. The summed E-state index contributed by atoms with van der Waals surface area (Å²) >= 11 is 0. The molecule has 13 heavy (non-hydrogen) atoms. The van der Waals surface area contributed by atoms with Crippen molar-refractivity contribution in [3.05, 3.63) is 36.0 Å². The molecule has 1 aliphatic rings. The van der Waals surface area contributed by atoms with Crippen LogP contribution < -0.4 is 0 Å². The van der Waals surface area contributed by atoms with Gasteiger partial charge in [0.25, 0.3) is 0 Å². The van der Waals surface area contributed by atoms with E-state index in [0.29, 0.717) is 5.92 Å². The zero-order chi connectivity index (χ0) is 9.68. The van der Waals surface area contributed by atoms with E-state index in [1.165, 1.54) is 5.57 Å². The third-order valence-corrected chi connectivity index (χ3v) is 2.20. The van der Waals surface area contributed by atoms with Crippen molar-refractivity contribution in [2.24, 2.45) is 5.92 Å². The van der Waals surface area contributed by atoms with Gasteiger partial charge in [-0.1, -0.05) is 36.8 Å². The molecule has 0 radical (unpaired) electrons. The lowest BCUT2D eigenvalue weighted by Crippen LogP contribution is -1.96. The monoisotopic (exact) mass is 176 g/mol. The molecule has 0 aromatic heterocycles. The number of hydrogen-bond acceptors (Lipinski definition) is 1. The first-order chi connectivity index (χ1) is 6.22. The summed E-state index contributed by atoms with van der Waals surface area (Å²) in [5.41, 5.74) is 1.40. The summed E-state index contributed by atoms with van der Waals surface area (Å²) in [5.74, 6) is 0.540. The normalized spacial score (nSPS) is 22.0.